The number of hydrogen-bond acceptors (Lipinski definition) is 4. The van der Waals surface area contributed by atoms with Crippen molar-refractivity contribution >= 4 is 34.3 Å². The Labute approximate surface area is 185 Å². The number of fused-ring (bicyclic) bond motifs is 1. The van der Waals surface area contributed by atoms with Crippen molar-refractivity contribution in [1.82, 2.24) is 4.98 Å². The van der Waals surface area contributed by atoms with Gasteiger partial charge in [0.15, 0.2) is 6.10 Å². The van der Waals surface area contributed by atoms with Gasteiger partial charge < -0.3 is 4.74 Å². The summed E-state index contributed by atoms with van der Waals surface area (Å²) in [4.78, 5) is 30.7. The van der Waals surface area contributed by atoms with Crippen molar-refractivity contribution < 1.29 is 14.3 Å². The number of rotatable bonds is 5. The average molecular weight is 430 g/mol. The fourth-order valence-electron chi connectivity index (χ4n) is 3.57. The molecular weight excluding hydrogens is 410 g/mol. The molecule has 0 amide bonds. The topological polar surface area (TPSA) is 56.3 Å². The first-order valence-electron chi connectivity index (χ1n) is 9.91. The number of para-hydroxylation sites is 1. The summed E-state index contributed by atoms with van der Waals surface area (Å²) in [6.45, 7) is 3.43. The average Bonchev–Trinajstić information content (AvgIpc) is 2.79. The van der Waals surface area contributed by atoms with Gasteiger partial charge in [-0.1, -0.05) is 60.1 Å². The van der Waals surface area contributed by atoms with Gasteiger partial charge in [-0.3, -0.25) is 4.79 Å². The van der Waals surface area contributed by atoms with E-state index in [2.05, 4.69) is 0 Å². The molecule has 0 N–H and O–H groups in total. The molecule has 0 saturated carbocycles. The highest BCUT2D eigenvalue weighted by molar-refractivity contribution is 6.30. The number of ether oxygens (including phenoxy) is 1. The summed E-state index contributed by atoms with van der Waals surface area (Å²) >= 11 is 5.90. The van der Waals surface area contributed by atoms with E-state index in [1.54, 1.807) is 31.2 Å². The van der Waals surface area contributed by atoms with Crippen LogP contribution < -0.4 is 0 Å². The molecule has 31 heavy (non-hydrogen) atoms. The van der Waals surface area contributed by atoms with Gasteiger partial charge >= 0.3 is 5.97 Å². The van der Waals surface area contributed by atoms with Gasteiger partial charge in [0.2, 0.25) is 5.78 Å². The quantitative estimate of drug-likeness (QED) is 0.276. The minimum Gasteiger partial charge on any atom is -0.451 e. The SMILES string of the molecule is Cc1c(-c2ccccc2)nc2ccccc2c1C(=O)OC(C)C(=O)c1ccc(Cl)cc1. The Bertz CT molecular complexity index is 1270. The van der Waals surface area contributed by atoms with E-state index < -0.39 is 12.1 Å². The van der Waals surface area contributed by atoms with Crippen LogP contribution in [0.25, 0.3) is 22.2 Å². The predicted octanol–water partition coefficient (Wildman–Crippen LogP) is 6.29. The van der Waals surface area contributed by atoms with E-state index in [1.807, 2.05) is 61.5 Å². The number of pyridine rings is 1. The van der Waals surface area contributed by atoms with E-state index in [0.717, 1.165) is 5.56 Å². The minimum atomic E-state index is -0.944. The number of carbonyl (C=O) groups excluding carboxylic acids is 2. The Morgan fingerprint density at radius 1 is 0.903 bits per heavy atom. The largest absolute Gasteiger partial charge is 0.451 e. The van der Waals surface area contributed by atoms with Crippen molar-refractivity contribution in [3.8, 4) is 11.3 Å². The molecule has 0 saturated heterocycles. The van der Waals surface area contributed by atoms with Crippen LogP contribution in [0.1, 0.15) is 33.2 Å². The highest BCUT2D eigenvalue weighted by Gasteiger charge is 2.25. The van der Waals surface area contributed by atoms with Crippen LogP contribution >= 0.6 is 11.6 Å². The van der Waals surface area contributed by atoms with Crippen molar-refractivity contribution in [3.63, 3.8) is 0 Å². The monoisotopic (exact) mass is 429 g/mol. The molecule has 4 aromatic rings. The maximum absolute atomic E-state index is 13.2. The Balaban J connectivity index is 1.72. The van der Waals surface area contributed by atoms with Crippen LogP contribution in [0.3, 0.4) is 0 Å². The Morgan fingerprint density at radius 2 is 1.55 bits per heavy atom. The van der Waals surface area contributed by atoms with Gasteiger partial charge in [-0.2, -0.15) is 0 Å². The zero-order chi connectivity index (χ0) is 22.0. The number of ketones is 1. The van der Waals surface area contributed by atoms with Gasteiger partial charge in [0.05, 0.1) is 16.8 Å². The van der Waals surface area contributed by atoms with Crippen molar-refractivity contribution in [2.45, 2.75) is 20.0 Å². The maximum atomic E-state index is 13.2. The fraction of sp³-hybridized carbons (Fsp3) is 0.115. The van der Waals surface area contributed by atoms with Gasteiger partial charge in [0.25, 0.3) is 0 Å². The second-order valence-electron chi connectivity index (χ2n) is 7.26. The third kappa shape index (κ3) is 4.21. The smallest absolute Gasteiger partial charge is 0.339 e. The summed E-state index contributed by atoms with van der Waals surface area (Å²) in [7, 11) is 0. The highest BCUT2D eigenvalue weighted by Crippen LogP contribution is 2.30. The van der Waals surface area contributed by atoms with Crippen molar-refractivity contribution in [1.29, 1.82) is 0 Å². The van der Waals surface area contributed by atoms with Crippen LogP contribution in [0, 0.1) is 6.92 Å². The molecule has 0 bridgehead atoms. The molecule has 0 spiro atoms. The van der Waals surface area contributed by atoms with Crippen LogP contribution in [0.5, 0.6) is 0 Å². The molecule has 4 nitrogen and oxygen atoms in total. The molecule has 1 unspecified atom stereocenters. The van der Waals surface area contributed by atoms with E-state index in [4.69, 9.17) is 21.3 Å². The highest BCUT2D eigenvalue weighted by atomic mass is 35.5. The van der Waals surface area contributed by atoms with Crippen LogP contribution in [0.2, 0.25) is 5.02 Å². The lowest BCUT2D eigenvalue weighted by Gasteiger charge is -2.17. The molecule has 1 heterocycles. The standard InChI is InChI=1S/C26H20ClNO3/c1-16-23(26(30)31-17(2)25(29)19-12-14-20(27)15-13-19)21-10-6-7-11-22(21)28-24(16)18-8-4-3-5-9-18/h3-15,17H,1-2H3. The van der Waals surface area contributed by atoms with E-state index in [-0.39, 0.29) is 5.78 Å². The maximum Gasteiger partial charge on any atom is 0.339 e. The summed E-state index contributed by atoms with van der Waals surface area (Å²) in [5.41, 5.74) is 3.87. The van der Waals surface area contributed by atoms with Crippen LogP contribution in [-0.4, -0.2) is 22.8 Å². The van der Waals surface area contributed by atoms with Crippen LogP contribution in [-0.2, 0) is 4.74 Å². The number of benzene rings is 3. The summed E-state index contributed by atoms with van der Waals surface area (Å²) < 4.78 is 5.61. The predicted molar refractivity (Wildman–Crippen MR) is 123 cm³/mol. The number of aromatic nitrogens is 1. The lowest BCUT2D eigenvalue weighted by Crippen LogP contribution is -2.25. The van der Waals surface area contributed by atoms with Crippen molar-refractivity contribution in [3.05, 3.63) is 101 Å². The fourth-order valence-corrected chi connectivity index (χ4v) is 3.70. The number of esters is 1. The molecule has 0 fully saturated rings. The van der Waals surface area contributed by atoms with Crippen molar-refractivity contribution in [2.75, 3.05) is 0 Å². The van der Waals surface area contributed by atoms with Crippen LogP contribution in [0.4, 0.5) is 0 Å². The van der Waals surface area contributed by atoms with Gasteiger partial charge in [-0.15, -0.1) is 0 Å². The second-order valence-corrected chi connectivity index (χ2v) is 7.70. The molecule has 5 heteroatoms. The molecule has 0 radical (unpaired) electrons. The lowest BCUT2D eigenvalue weighted by molar-refractivity contribution is 0.0320. The van der Waals surface area contributed by atoms with E-state index in [1.165, 1.54) is 0 Å². The molecule has 0 aliphatic heterocycles. The van der Waals surface area contributed by atoms with Gasteiger partial charge in [-0.25, -0.2) is 9.78 Å². The minimum absolute atomic E-state index is 0.288. The molecule has 4 rings (SSSR count). The Kier molecular flexibility index (Phi) is 5.83. The summed E-state index contributed by atoms with van der Waals surface area (Å²) in [6, 6.07) is 23.6. The second kappa shape index (κ2) is 8.70. The summed E-state index contributed by atoms with van der Waals surface area (Å²) in [6.07, 6.45) is -0.944. The number of hydrogen-bond donors (Lipinski definition) is 0. The first-order chi connectivity index (χ1) is 15.0. The lowest BCUT2D eigenvalue weighted by atomic mass is 9.97. The number of carbonyl (C=O) groups is 2. The van der Waals surface area contributed by atoms with E-state index in [9.17, 15) is 9.59 Å². The Morgan fingerprint density at radius 3 is 2.26 bits per heavy atom. The van der Waals surface area contributed by atoms with Gasteiger partial charge in [-0.05, 0) is 49.7 Å². The van der Waals surface area contributed by atoms with Gasteiger partial charge in [0.1, 0.15) is 0 Å². The number of Topliss-reactive ketones (excluding diaryl/α,β-unsaturated/α-hetero) is 1. The Hall–Kier alpha value is -3.50. The summed E-state index contributed by atoms with van der Waals surface area (Å²) in [5, 5.41) is 1.23. The third-order valence-electron chi connectivity index (χ3n) is 5.17. The van der Waals surface area contributed by atoms with E-state index >= 15 is 0 Å². The third-order valence-corrected chi connectivity index (χ3v) is 5.42. The molecular formula is C26H20ClNO3. The molecule has 0 aliphatic carbocycles. The zero-order valence-corrected chi connectivity index (χ0v) is 17.9. The molecule has 1 atom stereocenters. The van der Waals surface area contributed by atoms with E-state index in [0.29, 0.717) is 38.3 Å². The normalized spacial score (nSPS) is 11.8. The van der Waals surface area contributed by atoms with Crippen molar-refractivity contribution in [2.24, 2.45) is 0 Å². The molecule has 0 aliphatic rings. The zero-order valence-electron chi connectivity index (χ0n) is 17.1. The van der Waals surface area contributed by atoms with Gasteiger partial charge in [0, 0.05) is 21.5 Å². The number of halogens is 1. The molecule has 154 valence electrons. The first-order valence-corrected chi connectivity index (χ1v) is 10.3. The first kappa shape index (κ1) is 20.8. The van der Waals surface area contributed by atoms with Crippen LogP contribution in [0.15, 0.2) is 78.9 Å². The molecule has 1 aromatic heterocycles. The summed E-state index contributed by atoms with van der Waals surface area (Å²) in [5.74, 6) is -0.840. The number of nitrogens with zero attached hydrogens (tertiary/aromatic N) is 1. The molecule has 3 aromatic carbocycles.